The zero-order chi connectivity index (χ0) is 21.5. The minimum Gasteiger partial charge on any atom is -0.348 e. The quantitative estimate of drug-likeness (QED) is 0.584. The van der Waals surface area contributed by atoms with Crippen molar-refractivity contribution in [1.29, 1.82) is 0 Å². The number of carbonyl (C=O) groups is 2. The number of hydrogen-bond acceptors (Lipinski definition) is 3. The maximum atomic E-state index is 12.8. The molecule has 1 heterocycles. The van der Waals surface area contributed by atoms with Crippen LogP contribution in [0.1, 0.15) is 34.0 Å². The summed E-state index contributed by atoms with van der Waals surface area (Å²) < 4.78 is 0. The van der Waals surface area contributed by atoms with Crippen molar-refractivity contribution in [3.05, 3.63) is 95.3 Å². The average molecular weight is 399 g/mol. The second kappa shape index (κ2) is 9.65. The molecule has 5 heteroatoms. The first kappa shape index (κ1) is 21.0. The van der Waals surface area contributed by atoms with Crippen LogP contribution in [-0.2, 0) is 11.3 Å². The van der Waals surface area contributed by atoms with E-state index in [2.05, 4.69) is 15.6 Å². The second-order valence-corrected chi connectivity index (χ2v) is 7.10. The molecule has 0 aliphatic carbocycles. The van der Waals surface area contributed by atoms with E-state index in [0.29, 0.717) is 12.1 Å². The van der Waals surface area contributed by atoms with Gasteiger partial charge in [0.15, 0.2) is 0 Å². The fourth-order valence-electron chi connectivity index (χ4n) is 3.18. The number of rotatable bonds is 6. The van der Waals surface area contributed by atoms with Crippen LogP contribution in [-0.4, -0.2) is 16.8 Å². The van der Waals surface area contributed by atoms with E-state index in [0.717, 1.165) is 33.5 Å². The van der Waals surface area contributed by atoms with Gasteiger partial charge in [0.2, 0.25) is 5.91 Å². The first-order chi connectivity index (χ1) is 14.5. The summed E-state index contributed by atoms with van der Waals surface area (Å²) in [6.07, 6.45) is 6.49. The lowest BCUT2D eigenvalue weighted by Crippen LogP contribution is -2.20. The zero-order valence-electron chi connectivity index (χ0n) is 17.4. The maximum Gasteiger partial charge on any atom is 0.257 e. The molecule has 0 aliphatic rings. The fourth-order valence-corrected chi connectivity index (χ4v) is 3.18. The maximum absolute atomic E-state index is 12.8. The largest absolute Gasteiger partial charge is 0.348 e. The van der Waals surface area contributed by atoms with E-state index < -0.39 is 0 Å². The van der Waals surface area contributed by atoms with E-state index in [1.807, 2.05) is 62.4 Å². The first-order valence-corrected chi connectivity index (χ1v) is 9.80. The Balaban J connectivity index is 1.79. The molecule has 0 unspecified atom stereocenters. The fraction of sp³-hybridized carbons (Fsp3) is 0.160. The minimum atomic E-state index is -0.198. The second-order valence-electron chi connectivity index (χ2n) is 7.10. The summed E-state index contributed by atoms with van der Waals surface area (Å²) >= 11 is 0. The van der Waals surface area contributed by atoms with Gasteiger partial charge in [-0.25, -0.2) is 0 Å². The first-order valence-electron chi connectivity index (χ1n) is 9.80. The number of carbonyl (C=O) groups excluding carboxylic acids is 2. The van der Waals surface area contributed by atoms with Crippen LogP contribution in [0.15, 0.2) is 73.1 Å². The van der Waals surface area contributed by atoms with Crippen LogP contribution in [0.25, 0.3) is 11.1 Å². The molecule has 30 heavy (non-hydrogen) atoms. The van der Waals surface area contributed by atoms with Gasteiger partial charge < -0.3 is 10.6 Å². The molecule has 0 bridgehead atoms. The number of aromatic nitrogens is 1. The lowest BCUT2D eigenvalue weighted by molar-refractivity contribution is -0.116. The highest BCUT2D eigenvalue weighted by molar-refractivity contribution is 6.05. The molecular formula is C25H25N3O2. The molecule has 0 radical (unpaired) electrons. The average Bonchev–Trinajstić information content (AvgIpc) is 2.75. The van der Waals surface area contributed by atoms with Gasteiger partial charge >= 0.3 is 0 Å². The highest BCUT2D eigenvalue weighted by Crippen LogP contribution is 2.23. The van der Waals surface area contributed by atoms with E-state index >= 15 is 0 Å². The van der Waals surface area contributed by atoms with Gasteiger partial charge in [-0.05, 0) is 61.2 Å². The van der Waals surface area contributed by atoms with E-state index in [-0.39, 0.29) is 11.8 Å². The molecule has 0 fully saturated rings. The number of aryl methyl sites for hydroxylation is 2. The molecule has 0 saturated carbocycles. The Bertz CT molecular complexity index is 1080. The Morgan fingerprint density at radius 3 is 2.43 bits per heavy atom. The summed E-state index contributed by atoms with van der Waals surface area (Å²) in [5, 5.41) is 5.84. The Morgan fingerprint density at radius 2 is 1.70 bits per heavy atom. The lowest BCUT2D eigenvalue weighted by Gasteiger charge is -2.12. The van der Waals surface area contributed by atoms with Crippen molar-refractivity contribution in [2.24, 2.45) is 0 Å². The number of amides is 2. The zero-order valence-corrected chi connectivity index (χ0v) is 17.4. The Labute approximate surface area is 176 Å². The summed E-state index contributed by atoms with van der Waals surface area (Å²) in [7, 11) is 0. The van der Waals surface area contributed by atoms with Gasteiger partial charge in [-0.3, -0.25) is 14.6 Å². The molecule has 5 nitrogen and oxygen atoms in total. The van der Waals surface area contributed by atoms with Crippen LogP contribution in [0.2, 0.25) is 0 Å². The molecule has 0 aliphatic heterocycles. The van der Waals surface area contributed by atoms with Gasteiger partial charge in [-0.2, -0.15) is 0 Å². The number of anilines is 1. The molecule has 0 saturated heterocycles. The molecule has 1 aromatic heterocycles. The smallest absolute Gasteiger partial charge is 0.257 e. The molecule has 152 valence electrons. The SMILES string of the molecule is C/C=C/C(=O)NCc1cccc(-c2cncc(C(=O)Nc3c(C)cccc3C)c2)c1. The lowest BCUT2D eigenvalue weighted by atomic mass is 10.0. The highest BCUT2D eigenvalue weighted by atomic mass is 16.2. The Kier molecular flexibility index (Phi) is 6.75. The molecule has 3 rings (SSSR count). The number of pyridine rings is 1. The highest BCUT2D eigenvalue weighted by Gasteiger charge is 2.11. The molecule has 0 spiro atoms. The molecule has 2 aromatic carbocycles. The molecule has 2 N–H and O–H groups in total. The minimum absolute atomic E-state index is 0.130. The van der Waals surface area contributed by atoms with Crippen molar-refractivity contribution in [3.63, 3.8) is 0 Å². The third-order valence-corrected chi connectivity index (χ3v) is 4.77. The third kappa shape index (κ3) is 5.20. The van der Waals surface area contributed by atoms with E-state index in [4.69, 9.17) is 0 Å². The van der Waals surface area contributed by atoms with Gasteiger partial charge in [-0.15, -0.1) is 0 Å². The number of nitrogens with zero attached hydrogens (tertiary/aromatic N) is 1. The van der Waals surface area contributed by atoms with Crippen molar-refractivity contribution < 1.29 is 9.59 Å². The van der Waals surface area contributed by atoms with Gasteiger partial charge in [0.05, 0.1) is 5.56 Å². The van der Waals surface area contributed by atoms with Crippen molar-refractivity contribution in [2.45, 2.75) is 27.3 Å². The predicted octanol–water partition coefficient (Wildman–Crippen LogP) is 4.81. The van der Waals surface area contributed by atoms with Gasteiger partial charge in [-0.1, -0.05) is 42.5 Å². The molecular weight excluding hydrogens is 374 g/mol. The van der Waals surface area contributed by atoms with Crippen LogP contribution in [0.3, 0.4) is 0 Å². The van der Waals surface area contributed by atoms with Gasteiger partial charge in [0.1, 0.15) is 0 Å². The van der Waals surface area contributed by atoms with Crippen molar-refractivity contribution in [1.82, 2.24) is 10.3 Å². The van der Waals surface area contributed by atoms with Gasteiger partial charge in [0, 0.05) is 30.2 Å². The Morgan fingerprint density at radius 1 is 0.967 bits per heavy atom. The standard InChI is InChI=1S/C25H25N3O2/c1-4-7-23(29)27-14-19-10-6-11-20(12-19)21-13-22(16-26-15-21)25(30)28-24-17(2)8-5-9-18(24)3/h4-13,15-16H,14H2,1-3H3,(H,27,29)(H,28,30)/b7-4+. The van der Waals surface area contributed by atoms with Crippen LogP contribution in [0.5, 0.6) is 0 Å². The van der Waals surface area contributed by atoms with Crippen molar-refractivity contribution in [3.8, 4) is 11.1 Å². The summed E-state index contributed by atoms with van der Waals surface area (Å²) in [5.41, 5.74) is 6.08. The number of allylic oxidation sites excluding steroid dienone is 1. The van der Waals surface area contributed by atoms with E-state index in [1.165, 1.54) is 6.08 Å². The summed E-state index contributed by atoms with van der Waals surface area (Å²) in [4.78, 5) is 28.7. The van der Waals surface area contributed by atoms with Gasteiger partial charge in [0.25, 0.3) is 5.91 Å². The van der Waals surface area contributed by atoms with Crippen LogP contribution >= 0.6 is 0 Å². The number of nitrogens with one attached hydrogen (secondary N) is 2. The van der Waals surface area contributed by atoms with E-state index in [1.54, 1.807) is 25.4 Å². The number of hydrogen-bond donors (Lipinski definition) is 2. The normalized spacial score (nSPS) is 10.8. The van der Waals surface area contributed by atoms with Crippen LogP contribution in [0.4, 0.5) is 5.69 Å². The summed E-state index contributed by atoms with van der Waals surface area (Å²) in [6.45, 7) is 6.17. The monoisotopic (exact) mass is 399 g/mol. The topological polar surface area (TPSA) is 71.1 Å². The Hall–Kier alpha value is -3.73. The number of benzene rings is 2. The van der Waals surface area contributed by atoms with E-state index in [9.17, 15) is 9.59 Å². The van der Waals surface area contributed by atoms with Crippen LogP contribution in [0, 0.1) is 13.8 Å². The molecule has 0 atom stereocenters. The molecule has 3 aromatic rings. The van der Waals surface area contributed by atoms with Crippen molar-refractivity contribution >= 4 is 17.5 Å². The predicted molar refractivity (Wildman–Crippen MR) is 120 cm³/mol. The third-order valence-electron chi connectivity index (χ3n) is 4.77. The number of para-hydroxylation sites is 1. The molecule has 2 amide bonds. The van der Waals surface area contributed by atoms with Crippen molar-refractivity contribution in [2.75, 3.05) is 5.32 Å². The summed E-state index contributed by atoms with van der Waals surface area (Å²) in [5.74, 6) is -0.328. The summed E-state index contributed by atoms with van der Waals surface area (Å²) in [6, 6.07) is 15.6. The van der Waals surface area contributed by atoms with Crippen LogP contribution < -0.4 is 10.6 Å².